The molecule has 0 saturated carbocycles. The Hall–Kier alpha value is -1.89. The van der Waals surface area contributed by atoms with Gasteiger partial charge < -0.3 is 5.32 Å². The van der Waals surface area contributed by atoms with Crippen molar-refractivity contribution in [3.63, 3.8) is 0 Å². The van der Waals surface area contributed by atoms with Crippen molar-refractivity contribution in [1.29, 1.82) is 0 Å². The Morgan fingerprint density at radius 2 is 1.70 bits per heavy atom. The first-order valence-corrected chi connectivity index (χ1v) is 10.7. The summed E-state index contributed by atoms with van der Waals surface area (Å²) in [7, 11) is -3.55. The van der Waals surface area contributed by atoms with Gasteiger partial charge in [-0.1, -0.05) is 31.5 Å². The van der Waals surface area contributed by atoms with Gasteiger partial charge in [0.05, 0.1) is 4.90 Å². The third kappa shape index (κ3) is 4.69. The van der Waals surface area contributed by atoms with Gasteiger partial charge in [-0.3, -0.25) is 4.79 Å². The molecule has 2 aromatic rings. The van der Waals surface area contributed by atoms with Crippen molar-refractivity contribution in [2.24, 2.45) is 11.8 Å². The van der Waals surface area contributed by atoms with Crippen LogP contribution in [0.1, 0.15) is 30.6 Å². The molecule has 0 radical (unpaired) electrons. The summed E-state index contributed by atoms with van der Waals surface area (Å²) in [6.45, 7) is 5.20. The van der Waals surface area contributed by atoms with E-state index in [9.17, 15) is 13.2 Å². The van der Waals surface area contributed by atoms with Crippen molar-refractivity contribution in [3.05, 3.63) is 59.1 Å². The third-order valence-electron chi connectivity index (χ3n) is 4.67. The molecule has 0 aromatic heterocycles. The summed E-state index contributed by atoms with van der Waals surface area (Å²) in [5.74, 6) is 0.360. The molecule has 1 amide bonds. The predicted octanol–water partition coefficient (Wildman–Crippen LogP) is 4.26. The van der Waals surface area contributed by atoms with Crippen LogP contribution in [0.15, 0.2) is 53.4 Å². The molecule has 2 atom stereocenters. The SMILES string of the molecule is CC1CC(C)CN(S(=O)(=O)c2ccc(C(=O)Nc3cccc(Cl)c3)cc2)C1. The number of benzene rings is 2. The van der Waals surface area contributed by atoms with E-state index in [1.807, 2.05) is 0 Å². The zero-order valence-electron chi connectivity index (χ0n) is 15.4. The fourth-order valence-electron chi connectivity index (χ4n) is 3.50. The maximum Gasteiger partial charge on any atom is 0.255 e. The third-order valence-corrected chi connectivity index (χ3v) is 6.75. The molecule has 144 valence electrons. The molecule has 5 nitrogen and oxygen atoms in total. The second-order valence-corrected chi connectivity index (χ2v) is 9.63. The van der Waals surface area contributed by atoms with Crippen molar-refractivity contribution in [1.82, 2.24) is 4.31 Å². The van der Waals surface area contributed by atoms with Crippen LogP contribution >= 0.6 is 11.6 Å². The van der Waals surface area contributed by atoms with E-state index in [1.54, 1.807) is 28.6 Å². The molecule has 0 bridgehead atoms. The van der Waals surface area contributed by atoms with Crippen LogP contribution in [0.5, 0.6) is 0 Å². The smallest absolute Gasteiger partial charge is 0.255 e. The molecule has 1 heterocycles. The van der Waals surface area contributed by atoms with Gasteiger partial charge in [0.2, 0.25) is 10.0 Å². The topological polar surface area (TPSA) is 66.5 Å². The Morgan fingerprint density at radius 3 is 2.30 bits per heavy atom. The lowest BCUT2D eigenvalue weighted by Gasteiger charge is -2.34. The largest absolute Gasteiger partial charge is 0.322 e. The standard InChI is InChI=1S/C20H23ClN2O3S/c1-14-10-15(2)13-23(12-14)27(25,26)19-8-6-16(7-9-19)20(24)22-18-5-3-4-17(21)11-18/h3-9,11,14-15H,10,12-13H2,1-2H3,(H,22,24). The molecule has 1 N–H and O–H groups in total. The molecule has 27 heavy (non-hydrogen) atoms. The number of nitrogens with one attached hydrogen (secondary N) is 1. The van der Waals surface area contributed by atoms with Crippen molar-refractivity contribution in [2.75, 3.05) is 18.4 Å². The Kier molecular flexibility index (Phi) is 5.89. The number of carbonyl (C=O) groups is 1. The van der Waals surface area contributed by atoms with Gasteiger partial charge in [-0.05, 0) is 60.7 Å². The summed E-state index contributed by atoms with van der Waals surface area (Å²) in [6.07, 6.45) is 1.04. The fraction of sp³-hybridized carbons (Fsp3) is 0.350. The Bertz CT molecular complexity index is 918. The molecule has 0 spiro atoms. The highest BCUT2D eigenvalue weighted by Gasteiger charge is 2.31. The van der Waals surface area contributed by atoms with Crippen molar-refractivity contribution < 1.29 is 13.2 Å². The van der Waals surface area contributed by atoms with Crippen LogP contribution in [0.2, 0.25) is 5.02 Å². The molecule has 3 rings (SSSR count). The zero-order chi connectivity index (χ0) is 19.6. The van der Waals surface area contributed by atoms with Crippen LogP contribution in [-0.4, -0.2) is 31.7 Å². The van der Waals surface area contributed by atoms with Gasteiger partial charge in [0.25, 0.3) is 5.91 Å². The number of hydrogen-bond donors (Lipinski definition) is 1. The first kappa shape index (κ1) is 19.9. The number of anilines is 1. The number of halogens is 1. The van der Waals surface area contributed by atoms with Crippen LogP contribution < -0.4 is 5.32 Å². The molecule has 7 heteroatoms. The van der Waals surface area contributed by atoms with Gasteiger partial charge in [-0.15, -0.1) is 0 Å². The highest BCUT2D eigenvalue weighted by Crippen LogP contribution is 2.27. The van der Waals surface area contributed by atoms with E-state index in [2.05, 4.69) is 19.2 Å². The second kappa shape index (κ2) is 8.00. The number of carbonyl (C=O) groups excluding carboxylic acids is 1. The number of hydrogen-bond acceptors (Lipinski definition) is 3. The van der Waals surface area contributed by atoms with Crippen LogP contribution in [-0.2, 0) is 10.0 Å². The first-order valence-electron chi connectivity index (χ1n) is 8.93. The maximum absolute atomic E-state index is 12.9. The van der Waals surface area contributed by atoms with Crippen molar-refractivity contribution in [2.45, 2.75) is 25.2 Å². The van der Waals surface area contributed by atoms with E-state index >= 15 is 0 Å². The quantitative estimate of drug-likeness (QED) is 0.824. The molecule has 1 aliphatic heterocycles. The minimum Gasteiger partial charge on any atom is -0.322 e. The predicted molar refractivity (Wildman–Crippen MR) is 108 cm³/mol. The molecule has 1 fully saturated rings. The van der Waals surface area contributed by atoms with Gasteiger partial charge in [0.1, 0.15) is 0 Å². The van der Waals surface area contributed by atoms with Crippen molar-refractivity contribution in [3.8, 4) is 0 Å². The maximum atomic E-state index is 12.9. The summed E-state index contributed by atoms with van der Waals surface area (Å²) >= 11 is 5.92. The van der Waals surface area contributed by atoms with Gasteiger partial charge in [-0.2, -0.15) is 4.31 Å². The minimum atomic E-state index is -3.55. The Labute approximate surface area is 165 Å². The summed E-state index contributed by atoms with van der Waals surface area (Å²) in [5, 5.41) is 3.28. The van der Waals surface area contributed by atoms with Gasteiger partial charge in [-0.25, -0.2) is 8.42 Å². The van der Waals surface area contributed by atoms with Gasteiger partial charge >= 0.3 is 0 Å². The van der Waals surface area contributed by atoms with Crippen LogP contribution in [0.3, 0.4) is 0 Å². The minimum absolute atomic E-state index is 0.211. The van der Waals surface area contributed by atoms with E-state index in [4.69, 9.17) is 11.6 Å². The highest BCUT2D eigenvalue weighted by atomic mass is 35.5. The normalized spacial score (nSPS) is 21.0. The summed E-state index contributed by atoms with van der Waals surface area (Å²) < 4.78 is 27.3. The Morgan fingerprint density at radius 1 is 1.07 bits per heavy atom. The summed E-state index contributed by atoms with van der Waals surface area (Å²) in [5.41, 5.74) is 0.967. The van der Waals surface area contributed by atoms with Crippen molar-refractivity contribution >= 4 is 33.2 Å². The zero-order valence-corrected chi connectivity index (χ0v) is 16.9. The number of piperidine rings is 1. The lowest BCUT2D eigenvalue weighted by atomic mass is 9.94. The monoisotopic (exact) mass is 406 g/mol. The lowest BCUT2D eigenvalue weighted by molar-refractivity contribution is 0.102. The van der Waals surface area contributed by atoms with E-state index < -0.39 is 10.0 Å². The molecule has 0 aliphatic carbocycles. The number of rotatable bonds is 4. The highest BCUT2D eigenvalue weighted by molar-refractivity contribution is 7.89. The first-order chi connectivity index (χ1) is 12.8. The fourth-order valence-corrected chi connectivity index (χ4v) is 5.37. The summed E-state index contributed by atoms with van der Waals surface area (Å²) in [6, 6.07) is 12.9. The Balaban J connectivity index is 1.75. The average Bonchev–Trinajstić information content (AvgIpc) is 2.61. The van der Waals surface area contributed by atoms with E-state index in [0.29, 0.717) is 41.2 Å². The second-order valence-electron chi connectivity index (χ2n) is 7.26. The van der Waals surface area contributed by atoms with Crippen LogP contribution in [0.25, 0.3) is 0 Å². The average molecular weight is 407 g/mol. The van der Waals surface area contributed by atoms with E-state index in [-0.39, 0.29) is 10.8 Å². The molecule has 2 unspecified atom stereocenters. The van der Waals surface area contributed by atoms with Crippen LogP contribution in [0, 0.1) is 11.8 Å². The molecular weight excluding hydrogens is 384 g/mol. The van der Waals surface area contributed by atoms with Gasteiger partial charge in [0, 0.05) is 29.4 Å². The van der Waals surface area contributed by atoms with Crippen LogP contribution in [0.4, 0.5) is 5.69 Å². The summed E-state index contributed by atoms with van der Waals surface area (Å²) in [4.78, 5) is 12.6. The molecule has 2 aromatic carbocycles. The lowest BCUT2D eigenvalue weighted by Crippen LogP contribution is -2.42. The van der Waals surface area contributed by atoms with Gasteiger partial charge in [0.15, 0.2) is 0 Å². The van der Waals surface area contributed by atoms with E-state index in [0.717, 1.165) is 6.42 Å². The molecule has 1 aliphatic rings. The number of nitrogens with zero attached hydrogens (tertiary/aromatic N) is 1. The molecular formula is C20H23ClN2O3S. The van der Waals surface area contributed by atoms with E-state index in [1.165, 1.54) is 24.3 Å². The number of sulfonamides is 1. The molecule has 1 saturated heterocycles. The number of amides is 1.